The van der Waals surface area contributed by atoms with Crippen LogP contribution in [0.15, 0.2) is 11.6 Å². The molecule has 3 fully saturated rings. The van der Waals surface area contributed by atoms with Crippen molar-refractivity contribution < 1.29 is 9.53 Å². The normalized spacial score (nSPS) is 27.8. The van der Waals surface area contributed by atoms with E-state index in [0.717, 1.165) is 43.6 Å². The van der Waals surface area contributed by atoms with Crippen molar-refractivity contribution in [2.45, 2.75) is 31.0 Å². The van der Waals surface area contributed by atoms with Gasteiger partial charge < -0.3 is 10.1 Å². The molecule has 1 spiro atoms. The fourth-order valence-electron chi connectivity index (χ4n) is 3.71. The van der Waals surface area contributed by atoms with E-state index in [4.69, 9.17) is 4.74 Å². The van der Waals surface area contributed by atoms with Crippen LogP contribution in [0.2, 0.25) is 0 Å². The number of nitrogens with one attached hydrogen (secondary N) is 1. The second-order valence-corrected chi connectivity index (χ2v) is 8.05. The first kappa shape index (κ1) is 15.5. The van der Waals surface area contributed by atoms with Gasteiger partial charge in [0.1, 0.15) is 16.7 Å². The van der Waals surface area contributed by atoms with E-state index in [0.29, 0.717) is 6.61 Å². The molecule has 1 amide bonds. The third kappa shape index (κ3) is 3.28. The maximum Gasteiger partial charge on any atom is 0.239 e. The molecule has 126 valence electrons. The van der Waals surface area contributed by atoms with Crippen LogP contribution in [-0.4, -0.2) is 72.2 Å². The molecule has 1 aromatic heterocycles. The lowest BCUT2D eigenvalue weighted by Crippen LogP contribution is -2.72. The average Bonchev–Trinajstić information content (AvgIpc) is 3.18. The van der Waals surface area contributed by atoms with Crippen LogP contribution in [0.3, 0.4) is 0 Å². The van der Waals surface area contributed by atoms with Gasteiger partial charge in [-0.2, -0.15) is 0 Å². The van der Waals surface area contributed by atoms with Crippen LogP contribution in [0.4, 0.5) is 0 Å². The van der Waals surface area contributed by atoms with Gasteiger partial charge in [-0.3, -0.25) is 14.6 Å². The third-order valence-electron chi connectivity index (χ3n) is 5.08. The number of rotatable bonds is 5. The number of likely N-dealkylation sites (tertiary alicyclic amines) is 1. The summed E-state index contributed by atoms with van der Waals surface area (Å²) in [7, 11) is 1.71. The Morgan fingerprint density at radius 2 is 2.30 bits per heavy atom. The Morgan fingerprint density at radius 1 is 1.48 bits per heavy atom. The predicted octanol–water partition coefficient (Wildman–Crippen LogP) is 0.554. The van der Waals surface area contributed by atoms with Crippen LogP contribution in [0.25, 0.3) is 0 Å². The average molecular weight is 336 g/mol. The summed E-state index contributed by atoms with van der Waals surface area (Å²) in [5, 5.41) is 5.96. The summed E-state index contributed by atoms with van der Waals surface area (Å²) in [5.41, 5.74) is -0.0866. The van der Waals surface area contributed by atoms with Gasteiger partial charge in [0.15, 0.2) is 0 Å². The zero-order chi connectivity index (χ0) is 15.9. The molecule has 4 rings (SSSR count). The lowest BCUT2D eigenvalue weighted by molar-refractivity contribution is -0.203. The standard InChI is InChI=1S/C16H24N4O2S/c1-17-15(21)13-8-22-16(11-20(13)6-12-2-3-12)9-19(10-16)7-14-18-4-5-23-14/h4-5,12-13H,2-3,6-11H2,1H3,(H,17,21)/t13-/m0/s1. The Hall–Kier alpha value is -1.02. The molecule has 3 heterocycles. The Morgan fingerprint density at radius 3 is 2.96 bits per heavy atom. The van der Waals surface area contributed by atoms with E-state index in [2.05, 4.69) is 20.1 Å². The number of aromatic nitrogens is 1. The molecule has 6 nitrogen and oxygen atoms in total. The lowest BCUT2D eigenvalue weighted by atomic mass is 9.90. The molecule has 1 saturated carbocycles. The van der Waals surface area contributed by atoms with E-state index in [9.17, 15) is 4.79 Å². The maximum absolute atomic E-state index is 12.1. The van der Waals surface area contributed by atoms with E-state index in [1.807, 2.05) is 11.6 Å². The van der Waals surface area contributed by atoms with Gasteiger partial charge in [-0.25, -0.2) is 4.98 Å². The molecule has 1 N–H and O–H groups in total. The maximum atomic E-state index is 12.1. The highest BCUT2D eigenvalue weighted by atomic mass is 32.1. The topological polar surface area (TPSA) is 57.7 Å². The molecule has 0 radical (unpaired) electrons. The summed E-state index contributed by atoms with van der Waals surface area (Å²) in [5.74, 6) is 0.864. The van der Waals surface area contributed by atoms with Gasteiger partial charge >= 0.3 is 0 Å². The number of carbonyl (C=O) groups excluding carboxylic acids is 1. The van der Waals surface area contributed by atoms with Crippen LogP contribution in [0.1, 0.15) is 17.8 Å². The van der Waals surface area contributed by atoms with Gasteiger partial charge in [0.2, 0.25) is 5.91 Å². The summed E-state index contributed by atoms with van der Waals surface area (Å²) in [6.45, 7) is 5.20. The highest BCUT2D eigenvalue weighted by Crippen LogP contribution is 2.36. The summed E-state index contributed by atoms with van der Waals surface area (Å²) < 4.78 is 6.16. The Kier molecular flexibility index (Phi) is 4.13. The quantitative estimate of drug-likeness (QED) is 0.851. The van der Waals surface area contributed by atoms with Crippen molar-refractivity contribution in [3.8, 4) is 0 Å². The van der Waals surface area contributed by atoms with Gasteiger partial charge in [0.25, 0.3) is 0 Å². The van der Waals surface area contributed by atoms with Crippen molar-refractivity contribution in [2.24, 2.45) is 5.92 Å². The first-order valence-corrected chi connectivity index (χ1v) is 9.26. The molecular formula is C16H24N4O2S. The van der Waals surface area contributed by atoms with Crippen LogP contribution >= 0.6 is 11.3 Å². The van der Waals surface area contributed by atoms with E-state index >= 15 is 0 Å². The highest BCUT2D eigenvalue weighted by molar-refractivity contribution is 7.09. The van der Waals surface area contributed by atoms with Crippen LogP contribution in [-0.2, 0) is 16.1 Å². The van der Waals surface area contributed by atoms with E-state index in [1.165, 1.54) is 12.8 Å². The Labute approximate surface area is 140 Å². The van der Waals surface area contributed by atoms with Gasteiger partial charge in [0.05, 0.1) is 13.2 Å². The minimum Gasteiger partial charge on any atom is -0.369 e. The second kappa shape index (κ2) is 6.12. The molecule has 23 heavy (non-hydrogen) atoms. The van der Waals surface area contributed by atoms with Crippen molar-refractivity contribution in [3.63, 3.8) is 0 Å². The Bertz CT molecular complexity index is 554. The van der Waals surface area contributed by atoms with E-state index in [1.54, 1.807) is 18.4 Å². The lowest BCUT2D eigenvalue weighted by Gasteiger charge is -2.55. The molecule has 2 aliphatic heterocycles. The van der Waals surface area contributed by atoms with Gasteiger partial charge in [-0.15, -0.1) is 11.3 Å². The summed E-state index contributed by atoms with van der Waals surface area (Å²) in [6.07, 6.45) is 4.47. The summed E-state index contributed by atoms with van der Waals surface area (Å²) in [6, 6.07) is -0.126. The van der Waals surface area contributed by atoms with Crippen molar-refractivity contribution in [2.75, 3.05) is 39.8 Å². The first-order chi connectivity index (χ1) is 11.2. The molecule has 1 aliphatic carbocycles. The predicted molar refractivity (Wildman–Crippen MR) is 88.2 cm³/mol. The Balaban J connectivity index is 1.36. The largest absolute Gasteiger partial charge is 0.369 e. The number of amides is 1. The first-order valence-electron chi connectivity index (χ1n) is 8.38. The molecule has 0 bridgehead atoms. The van der Waals surface area contributed by atoms with E-state index < -0.39 is 0 Å². The minimum absolute atomic E-state index is 0.0828. The molecule has 0 aromatic carbocycles. The molecule has 7 heteroatoms. The van der Waals surface area contributed by atoms with E-state index in [-0.39, 0.29) is 17.6 Å². The number of nitrogens with zero attached hydrogens (tertiary/aromatic N) is 3. The summed E-state index contributed by atoms with van der Waals surface area (Å²) >= 11 is 1.70. The van der Waals surface area contributed by atoms with Crippen molar-refractivity contribution in [1.29, 1.82) is 0 Å². The molecule has 1 aromatic rings. The molecular weight excluding hydrogens is 312 g/mol. The molecule has 2 saturated heterocycles. The van der Waals surface area contributed by atoms with Crippen molar-refractivity contribution in [3.05, 3.63) is 16.6 Å². The molecule has 3 aliphatic rings. The monoisotopic (exact) mass is 336 g/mol. The number of likely N-dealkylation sites (N-methyl/N-ethyl adjacent to an activating group) is 1. The number of hydrogen-bond acceptors (Lipinski definition) is 6. The fraction of sp³-hybridized carbons (Fsp3) is 0.750. The van der Waals surface area contributed by atoms with Crippen LogP contribution < -0.4 is 5.32 Å². The summed E-state index contributed by atoms with van der Waals surface area (Å²) in [4.78, 5) is 21.2. The van der Waals surface area contributed by atoms with Crippen LogP contribution in [0.5, 0.6) is 0 Å². The molecule has 0 unspecified atom stereocenters. The van der Waals surface area contributed by atoms with Gasteiger partial charge in [0, 0.05) is 44.8 Å². The minimum atomic E-state index is -0.126. The zero-order valence-corrected chi connectivity index (χ0v) is 14.3. The number of ether oxygens (including phenoxy) is 1. The van der Waals surface area contributed by atoms with Crippen molar-refractivity contribution in [1.82, 2.24) is 20.1 Å². The number of carbonyl (C=O) groups is 1. The van der Waals surface area contributed by atoms with Crippen molar-refractivity contribution >= 4 is 17.2 Å². The second-order valence-electron chi connectivity index (χ2n) is 7.07. The SMILES string of the molecule is CNC(=O)[C@@H]1COC2(CN(Cc3nccs3)C2)CN1CC1CC1. The van der Waals surface area contributed by atoms with Gasteiger partial charge in [-0.1, -0.05) is 0 Å². The van der Waals surface area contributed by atoms with Gasteiger partial charge in [-0.05, 0) is 18.8 Å². The molecule has 1 atom stereocenters. The smallest absolute Gasteiger partial charge is 0.239 e. The number of morpholine rings is 1. The highest BCUT2D eigenvalue weighted by Gasteiger charge is 2.51. The van der Waals surface area contributed by atoms with Crippen LogP contribution in [0, 0.1) is 5.92 Å². The third-order valence-corrected chi connectivity index (χ3v) is 5.85. The zero-order valence-electron chi connectivity index (χ0n) is 13.5. The fourth-order valence-corrected chi connectivity index (χ4v) is 4.37. The number of hydrogen-bond donors (Lipinski definition) is 1. The number of thiazole rings is 1.